The Morgan fingerprint density at radius 3 is 2.88 bits per heavy atom. The molecule has 1 aliphatic carbocycles. The number of nitrogens with one attached hydrogen (secondary N) is 1. The van der Waals surface area contributed by atoms with Crippen LogP contribution < -0.4 is 5.32 Å². The van der Waals surface area contributed by atoms with E-state index in [1.54, 1.807) is 11.8 Å². The average molecular weight is 351 g/mol. The fourth-order valence-corrected chi connectivity index (χ4v) is 4.75. The summed E-state index contributed by atoms with van der Waals surface area (Å²) in [6.45, 7) is 7.53. The van der Waals surface area contributed by atoms with E-state index in [9.17, 15) is 4.79 Å². The number of rotatable bonds is 4. The number of amides is 1. The van der Waals surface area contributed by atoms with Gasteiger partial charge in [0, 0.05) is 19.0 Å². The first kappa shape index (κ1) is 17.8. The van der Waals surface area contributed by atoms with Gasteiger partial charge in [0.25, 0.3) is 0 Å². The first-order valence-electron chi connectivity index (χ1n) is 9.45. The summed E-state index contributed by atoms with van der Waals surface area (Å²) in [6, 6.07) is 0.319. The molecule has 2 aliphatic rings. The van der Waals surface area contributed by atoms with E-state index in [1.165, 1.54) is 32.1 Å². The minimum atomic E-state index is -0.133. The Morgan fingerprint density at radius 2 is 2.04 bits per heavy atom. The highest BCUT2D eigenvalue weighted by molar-refractivity contribution is 8.00. The molecule has 1 aromatic rings. The van der Waals surface area contributed by atoms with Crippen molar-refractivity contribution in [1.29, 1.82) is 0 Å². The van der Waals surface area contributed by atoms with E-state index in [0.717, 1.165) is 30.4 Å². The van der Waals surface area contributed by atoms with Gasteiger partial charge >= 0.3 is 0 Å². The second-order valence-electron chi connectivity index (χ2n) is 7.50. The third kappa shape index (κ3) is 3.95. The Bertz CT molecular complexity index is 573. The predicted molar refractivity (Wildman–Crippen MR) is 97.0 cm³/mol. The lowest BCUT2D eigenvalue weighted by Crippen LogP contribution is -2.46. The molecule has 2 heterocycles. The lowest BCUT2D eigenvalue weighted by molar-refractivity contribution is -0.121. The van der Waals surface area contributed by atoms with Gasteiger partial charge in [-0.25, -0.2) is 0 Å². The molecule has 6 heteroatoms. The molecule has 1 aromatic heterocycles. The molecule has 1 fully saturated rings. The molecule has 0 radical (unpaired) electrons. The predicted octanol–water partition coefficient (Wildman–Crippen LogP) is 3.43. The van der Waals surface area contributed by atoms with E-state index in [1.807, 2.05) is 6.92 Å². The van der Waals surface area contributed by atoms with Gasteiger partial charge in [-0.15, -0.1) is 10.2 Å². The van der Waals surface area contributed by atoms with Crippen LogP contribution in [0.25, 0.3) is 0 Å². The zero-order valence-electron chi connectivity index (χ0n) is 15.1. The Kier molecular flexibility index (Phi) is 5.85. The molecule has 1 aliphatic heterocycles. The minimum absolute atomic E-state index is 0.133. The molecular weight excluding hydrogens is 320 g/mol. The van der Waals surface area contributed by atoms with Crippen molar-refractivity contribution in [3.8, 4) is 0 Å². The molecule has 0 saturated heterocycles. The lowest BCUT2D eigenvalue weighted by atomic mass is 9.78. The quantitative estimate of drug-likeness (QED) is 0.845. The topological polar surface area (TPSA) is 59.8 Å². The van der Waals surface area contributed by atoms with Crippen molar-refractivity contribution in [2.45, 2.75) is 88.7 Å². The number of carbonyl (C=O) groups is 1. The van der Waals surface area contributed by atoms with Gasteiger partial charge in [0.2, 0.25) is 5.91 Å². The van der Waals surface area contributed by atoms with Gasteiger partial charge in [-0.05, 0) is 38.0 Å². The molecule has 1 N–H and O–H groups in total. The highest BCUT2D eigenvalue weighted by Gasteiger charge is 2.30. The second-order valence-corrected chi connectivity index (χ2v) is 8.81. The number of nitrogens with zero attached hydrogens (tertiary/aromatic N) is 3. The number of hydrogen-bond donors (Lipinski definition) is 1. The third-order valence-corrected chi connectivity index (χ3v) is 6.84. The normalized spacial score (nSPS) is 28.7. The molecule has 4 unspecified atom stereocenters. The highest BCUT2D eigenvalue weighted by Crippen LogP contribution is 2.30. The van der Waals surface area contributed by atoms with E-state index < -0.39 is 0 Å². The van der Waals surface area contributed by atoms with Crippen LogP contribution in [-0.4, -0.2) is 32.0 Å². The zero-order chi connectivity index (χ0) is 17.1. The fraction of sp³-hybridized carbons (Fsp3) is 0.833. The van der Waals surface area contributed by atoms with Gasteiger partial charge in [-0.3, -0.25) is 4.79 Å². The van der Waals surface area contributed by atoms with E-state index in [-0.39, 0.29) is 11.2 Å². The van der Waals surface area contributed by atoms with Crippen LogP contribution in [0.1, 0.15) is 65.1 Å². The van der Waals surface area contributed by atoms with Gasteiger partial charge < -0.3 is 9.88 Å². The summed E-state index contributed by atoms with van der Waals surface area (Å²) in [5.74, 6) is 2.47. The largest absolute Gasteiger partial charge is 0.352 e. The van der Waals surface area contributed by atoms with Crippen molar-refractivity contribution >= 4 is 17.7 Å². The monoisotopic (exact) mass is 350 g/mol. The number of hydrogen-bond acceptors (Lipinski definition) is 4. The van der Waals surface area contributed by atoms with Gasteiger partial charge in [0.15, 0.2) is 5.16 Å². The lowest BCUT2D eigenvalue weighted by Gasteiger charge is -2.35. The molecule has 4 atom stereocenters. The second kappa shape index (κ2) is 7.89. The van der Waals surface area contributed by atoms with Crippen LogP contribution in [0, 0.1) is 11.8 Å². The van der Waals surface area contributed by atoms with Crippen molar-refractivity contribution in [3.05, 3.63) is 5.82 Å². The first-order valence-corrected chi connectivity index (χ1v) is 10.3. The summed E-state index contributed by atoms with van der Waals surface area (Å²) < 4.78 is 2.22. The van der Waals surface area contributed by atoms with Gasteiger partial charge in [-0.2, -0.15) is 0 Å². The van der Waals surface area contributed by atoms with Crippen LogP contribution in [0.15, 0.2) is 5.16 Å². The van der Waals surface area contributed by atoms with Gasteiger partial charge in [0.05, 0.1) is 5.25 Å². The Labute approximate surface area is 149 Å². The third-order valence-electron chi connectivity index (χ3n) is 5.76. The first-order chi connectivity index (χ1) is 11.6. The van der Waals surface area contributed by atoms with Crippen molar-refractivity contribution in [2.24, 2.45) is 11.8 Å². The maximum absolute atomic E-state index is 12.6. The molecule has 134 valence electrons. The van der Waals surface area contributed by atoms with E-state index in [4.69, 9.17) is 0 Å². The smallest absolute Gasteiger partial charge is 0.233 e. The van der Waals surface area contributed by atoms with Crippen LogP contribution in [0.3, 0.4) is 0 Å². The molecule has 0 aromatic carbocycles. The number of thioether (sulfide) groups is 1. The van der Waals surface area contributed by atoms with E-state index in [0.29, 0.717) is 17.9 Å². The van der Waals surface area contributed by atoms with E-state index >= 15 is 0 Å². The van der Waals surface area contributed by atoms with Gasteiger partial charge in [-0.1, -0.05) is 44.9 Å². The summed E-state index contributed by atoms with van der Waals surface area (Å²) >= 11 is 1.55. The molecule has 0 spiro atoms. The highest BCUT2D eigenvalue weighted by atomic mass is 32.2. The molecule has 0 bridgehead atoms. The van der Waals surface area contributed by atoms with Crippen LogP contribution in [0.4, 0.5) is 0 Å². The standard InChI is InChI=1S/C18H30N4OS/c1-12-8-7-9-15(13(12)2)19-17(23)14(3)24-18-21-20-16-10-5-4-6-11-22(16)18/h12-15H,4-11H2,1-3H3,(H,19,23). The van der Waals surface area contributed by atoms with Crippen LogP contribution in [0.5, 0.6) is 0 Å². The average Bonchev–Trinajstić information content (AvgIpc) is 2.79. The van der Waals surface area contributed by atoms with Crippen molar-refractivity contribution < 1.29 is 4.79 Å². The fourth-order valence-electron chi connectivity index (χ4n) is 3.84. The summed E-state index contributed by atoms with van der Waals surface area (Å²) in [5, 5.41) is 12.7. The molecule has 3 rings (SSSR count). The summed E-state index contributed by atoms with van der Waals surface area (Å²) in [6.07, 6.45) is 8.23. The number of aryl methyl sites for hydroxylation is 1. The minimum Gasteiger partial charge on any atom is -0.352 e. The maximum atomic E-state index is 12.6. The summed E-state index contributed by atoms with van der Waals surface area (Å²) in [7, 11) is 0. The van der Waals surface area contributed by atoms with Crippen molar-refractivity contribution in [1.82, 2.24) is 20.1 Å². The maximum Gasteiger partial charge on any atom is 0.233 e. The number of carbonyl (C=O) groups excluding carboxylic acids is 1. The zero-order valence-corrected chi connectivity index (χ0v) is 15.9. The molecule has 5 nitrogen and oxygen atoms in total. The molecular formula is C18H30N4OS. The van der Waals surface area contributed by atoms with Crippen LogP contribution in [0.2, 0.25) is 0 Å². The van der Waals surface area contributed by atoms with Crippen LogP contribution in [-0.2, 0) is 17.8 Å². The van der Waals surface area contributed by atoms with Crippen LogP contribution >= 0.6 is 11.8 Å². The SMILES string of the molecule is CC(Sc1nnc2n1CCCCC2)C(=O)NC1CCCC(C)C1C. The number of fused-ring (bicyclic) bond motifs is 1. The molecule has 1 saturated carbocycles. The molecule has 24 heavy (non-hydrogen) atoms. The van der Waals surface area contributed by atoms with Crippen molar-refractivity contribution in [2.75, 3.05) is 0 Å². The summed E-state index contributed by atoms with van der Waals surface area (Å²) in [5.41, 5.74) is 0. The Hall–Kier alpha value is -1.04. The Morgan fingerprint density at radius 1 is 1.21 bits per heavy atom. The van der Waals surface area contributed by atoms with Gasteiger partial charge in [0.1, 0.15) is 5.82 Å². The summed E-state index contributed by atoms with van der Waals surface area (Å²) in [4.78, 5) is 12.6. The Balaban J connectivity index is 1.59. The molecule has 1 amide bonds. The van der Waals surface area contributed by atoms with Crippen molar-refractivity contribution in [3.63, 3.8) is 0 Å². The number of aromatic nitrogens is 3. The van der Waals surface area contributed by atoms with E-state index in [2.05, 4.69) is 33.9 Å².